The normalized spacial score (nSPS) is 13.4. The van der Waals surface area contributed by atoms with E-state index in [2.05, 4.69) is 12.2 Å². The van der Waals surface area contributed by atoms with Crippen LogP contribution in [0.1, 0.15) is 31.4 Å². The Bertz CT molecular complexity index is 1200. The van der Waals surface area contributed by atoms with Crippen molar-refractivity contribution in [3.05, 3.63) is 89.6 Å². The summed E-state index contributed by atoms with van der Waals surface area (Å²) in [7, 11) is 1.60. The topological polar surface area (TPSA) is 67.9 Å². The third kappa shape index (κ3) is 4.66. The van der Waals surface area contributed by atoms with Gasteiger partial charge in [0.2, 0.25) is 0 Å². The number of amides is 2. The molecule has 174 valence electrons. The number of rotatable bonds is 9. The van der Waals surface area contributed by atoms with Crippen molar-refractivity contribution >= 4 is 28.8 Å². The van der Waals surface area contributed by atoms with Crippen molar-refractivity contribution in [2.45, 2.75) is 26.7 Å². The number of nitrogens with zero attached hydrogens (tertiary/aromatic N) is 1. The summed E-state index contributed by atoms with van der Waals surface area (Å²) in [5.41, 5.74) is 3.56. The molecule has 6 heteroatoms. The van der Waals surface area contributed by atoms with E-state index < -0.39 is 5.91 Å². The quantitative estimate of drug-likeness (QED) is 0.434. The molecule has 4 rings (SSSR count). The van der Waals surface area contributed by atoms with Gasteiger partial charge in [-0.3, -0.25) is 9.59 Å². The third-order valence-electron chi connectivity index (χ3n) is 5.66. The maximum atomic E-state index is 13.6. The zero-order valence-electron chi connectivity index (χ0n) is 19.6. The fourth-order valence-electron chi connectivity index (χ4n) is 3.79. The molecule has 0 atom stereocenters. The minimum absolute atomic E-state index is 0.233. The Morgan fingerprint density at radius 3 is 2.03 bits per heavy atom. The number of hydrogen-bond acceptors (Lipinski definition) is 5. The summed E-state index contributed by atoms with van der Waals surface area (Å²) in [6.45, 7) is 4.72. The van der Waals surface area contributed by atoms with Crippen LogP contribution in [0.25, 0.3) is 5.57 Å². The average Bonchev–Trinajstić information content (AvgIpc) is 3.12. The number of methoxy groups -OCH3 is 1. The number of aryl methyl sites for hydroxylation is 1. The minimum atomic E-state index is -0.397. The van der Waals surface area contributed by atoms with Gasteiger partial charge >= 0.3 is 0 Å². The molecule has 0 radical (unpaired) electrons. The summed E-state index contributed by atoms with van der Waals surface area (Å²) < 4.78 is 10.9. The van der Waals surface area contributed by atoms with E-state index in [1.807, 2.05) is 67.6 Å². The van der Waals surface area contributed by atoms with E-state index >= 15 is 0 Å². The zero-order chi connectivity index (χ0) is 24.1. The van der Waals surface area contributed by atoms with Gasteiger partial charge in [-0.05, 0) is 72.5 Å². The highest BCUT2D eigenvalue weighted by molar-refractivity contribution is 6.46. The molecule has 1 aliphatic rings. The molecule has 6 nitrogen and oxygen atoms in total. The molecule has 0 bridgehead atoms. The molecule has 0 spiro atoms. The molecule has 34 heavy (non-hydrogen) atoms. The van der Waals surface area contributed by atoms with Crippen molar-refractivity contribution in [1.82, 2.24) is 0 Å². The third-order valence-corrected chi connectivity index (χ3v) is 5.66. The van der Waals surface area contributed by atoms with Gasteiger partial charge in [0.15, 0.2) is 0 Å². The van der Waals surface area contributed by atoms with E-state index in [9.17, 15) is 9.59 Å². The number of ether oxygens (including phenoxy) is 2. The van der Waals surface area contributed by atoms with Gasteiger partial charge in [0, 0.05) is 5.69 Å². The van der Waals surface area contributed by atoms with E-state index in [4.69, 9.17) is 9.47 Å². The molecule has 3 aromatic rings. The maximum absolute atomic E-state index is 13.6. The largest absolute Gasteiger partial charge is 0.497 e. The molecule has 0 saturated heterocycles. The number of hydrogen-bond donors (Lipinski definition) is 1. The first-order valence-corrected chi connectivity index (χ1v) is 11.4. The molecular weight excluding hydrogens is 428 g/mol. The summed E-state index contributed by atoms with van der Waals surface area (Å²) >= 11 is 0. The fourth-order valence-corrected chi connectivity index (χ4v) is 3.79. The lowest BCUT2D eigenvalue weighted by atomic mass is 10.0. The van der Waals surface area contributed by atoms with Crippen molar-refractivity contribution in [1.29, 1.82) is 0 Å². The lowest BCUT2D eigenvalue weighted by Gasteiger charge is -2.16. The van der Waals surface area contributed by atoms with Gasteiger partial charge < -0.3 is 14.8 Å². The molecule has 1 heterocycles. The molecule has 3 aromatic carbocycles. The molecule has 1 aliphatic heterocycles. The van der Waals surface area contributed by atoms with Crippen molar-refractivity contribution in [2.75, 3.05) is 23.9 Å². The number of carbonyl (C=O) groups excluding carboxylic acids is 2. The summed E-state index contributed by atoms with van der Waals surface area (Å²) in [5, 5.41) is 3.17. The van der Waals surface area contributed by atoms with Crippen molar-refractivity contribution in [3.63, 3.8) is 0 Å². The lowest BCUT2D eigenvalue weighted by Crippen LogP contribution is -2.32. The van der Waals surface area contributed by atoms with Crippen LogP contribution in [0.3, 0.4) is 0 Å². The Morgan fingerprint density at radius 2 is 1.44 bits per heavy atom. The lowest BCUT2D eigenvalue weighted by molar-refractivity contribution is -0.120. The van der Waals surface area contributed by atoms with Crippen LogP contribution in [-0.2, 0) is 16.0 Å². The van der Waals surface area contributed by atoms with E-state index in [0.29, 0.717) is 34.9 Å². The SMILES string of the molecule is CCCOc1ccc(C2=C(Nc3ccc(OC)cc3)C(=O)N(c3ccc(CC)cc3)C2=O)cc1. The molecule has 0 saturated carbocycles. The summed E-state index contributed by atoms with van der Waals surface area (Å²) in [4.78, 5) is 28.3. The van der Waals surface area contributed by atoms with Gasteiger partial charge in [-0.1, -0.05) is 38.1 Å². The van der Waals surface area contributed by atoms with E-state index in [1.54, 1.807) is 19.2 Å². The average molecular weight is 457 g/mol. The Morgan fingerprint density at radius 1 is 0.794 bits per heavy atom. The monoisotopic (exact) mass is 456 g/mol. The first-order chi connectivity index (χ1) is 16.5. The highest BCUT2D eigenvalue weighted by atomic mass is 16.5. The highest BCUT2D eigenvalue weighted by Crippen LogP contribution is 2.34. The van der Waals surface area contributed by atoms with Crippen molar-refractivity contribution in [2.24, 2.45) is 0 Å². The Kier molecular flexibility index (Phi) is 6.97. The smallest absolute Gasteiger partial charge is 0.282 e. The predicted molar refractivity (Wildman–Crippen MR) is 134 cm³/mol. The number of benzene rings is 3. The molecular formula is C28H28N2O4. The predicted octanol–water partition coefficient (Wildman–Crippen LogP) is 5.44. The second-order valence-corrected chi connectivity index (χ2v) is 7.94. The summed E-state index contributed by atoms with van der Waals surface area (Å²) in [6, 6.07) is 22.0. The van der Waals surface area contributed by atoms with E-state index in [0.717, 1.165) is 24.2 Å². The van der Waals surface area contributed by atoms with Gasteiger partial charge in [0.25, 0.3) is 11.8 Å². The van der Waals surface area contributed by atoms with Crippen LogP contribution in [0.4, 0.5) is 11.4 Å². The zero-order valence-corrected chi connectivity index (χ0v) is 19.6. The molecule has 0 aromatic heterocycles. The number of anilines is 2. The van der Waals surface area contributed by atoms with Crippen molar-refractivity contribution < 1.29 is 19.1 Å². The highest BCUT2D eigenvalue weighted by Gasteiger charge is 2.40. The van der Waals surface area contributed by atoms with Gasteiger partial charge in [0.1, 0.15) is 17.2 Å². The molecule has 0 aliphatic carbocycles. The fraction of sp³-hybridized carbons (Fsp3) is 0.214. The number of nitrogens with one attached hydrogen (secondary N) is 1. The minimum Gasteiger partial charge on any atom is -0.497 e. The first kappa shape index (κ1) is 23.1. The van der Waals surface area contributed by atoms with Crippen LogP contribution < -0.4 is 19.7 Å². The van der Waals surface area contributed by atoms with Gasteiger partial charge in [-0.15, -0.1) is 0 Å². The van der Waals surface area contributed by atoms with Crippen LogP contribution >= 0.6 is 0 Å². The molecule has 0 fully saturated rings. The van der Waals surface area contributed by atoms with Gasteiger partial charge in [0.05, 0.1) is 25.0 Å². The Balaban J connectivity index is 1.73. The second-order valence-electron chi connectivity index (χ2n) is 7.94. The maximum Gasteiger partial charge on any atom is 0.282 e. The van der Waals surface area contributed by atoms with Gasteiger partial charge in [-0.2, -0.15) is 0 Å². The van der Waals surface area contributed by atoms with Crippen LogP contribution in [0.2, 0.25) is 0 Å². The Labute approximate surface area is 199 Å². The van der Waals surface area contributed by atoms with E-state index in [-0.39, 0.29) is 11.6 Å². The second kappa shape index (κ2) is 10.3. The number of imide groups is 1. The molecule has 1 N–H and O–H groups in total. The van der Waals surface area contributed by atoms with Crippen LogP contribution in [0.5, 0.6) is 11.5 Å². The molecule has 2 amide bonds. The number of carbonyl (C=O) groups is 2. The van der Waals surface area contributed by atoms with Crippen LogP contribution in [-0.4, -0.2) is 25.5 Å². The van der Waals surface area contributed by atoms with E-state index in [1.165, 1.54) is 4.90 Å². The van der Waals surface area contributed by atoms with Crippen LogP contribution in [0.15, 0.2) is 78.5 Å². The van der Waals surface area contributed by atoms with Crippen LogP contribution in [0, 0.1) is 0 Å². The van der Waals surface area contributed by atoms with Gasteiger partial charge in [-0.25, -0.2) is 4.90 Å². The summed E-state index contributed by atoms with van der Waals surface area (Å²) in [6.07, 6.45) is 1.78. The summed E-state index contributed by atoms with van der Waals surface area (Å²) in [5.74, 6) is 0.660. The Hall–Kier alpha value is -4.06. The molecule has 0 unspecified atom stereocenters. The standard InChI is InChI=1S/C28H28N2O4/c1-4-18-34-24-14-8-20(9-15-24)25-26(29-21-10-16-23(33-3)17-11-21)28(32)30(27(25)31)22-12-6-19(5-2)7-13-22/h6-17,29H,4-5,18H2,1-3H3. The van der Waals surface area contributed by atoms with Crippen molar-refractivity contribution in [3.8, 4) is 11.5 Å². The first-order valence-electron chi connectivity index (χ1n) is 11.4.